The number of hydrogen-bond acceptors (Lipinski definition) is 3. The van der Waals surface area contributed by atoms with Crippen LogP contribution in [-0.4, -0.2) is 21.9 Å². The van der Waals surface area contributed by atoms with Gasteiger partial charge >= 0.3 is 0 Å². The molecule has 0 amide bonds. The molecule has 1 unspecified atom stereocenters. The maximum atomic E-state index is 5.59. The Hall–Kier alpha value is -0.830. The monoisotopic (exact) mass is 185 g/mol. The van der Waals surface area contributed by atoms with Gasteiger partial charge in [-0.2, -0.15) is 0 Å². The first-order valence-corrected chi connectivity index (χ1v) is 4.45. The molecule has 1 aromatic heterocycles. The number of rotatable bonds is 4. The second-order valence-corrected chi connectivity index (χ2v) is 3.00. The number of nitrogens with zero attached hydrogens (tertiary/aromatic N) is 2. The summed E-state index contributed by atoms with van der Waals surface area (Å²) in [4.78, 5) is 7.86. The molecule has 0 saturated heterocycles. The molecule has 66 valence electrons. The fraction of sp³-hybridized carbons (Fsp3) is 0.500. The molecule has 0 fully saturated rings. The van der Waals surface area contributed by atoms with E-state index >= 15 is 0 Å². The Balaban J connectivity index is 2.41. The molecule has 0 saturated carbocycles. The molecule has 0 spiro atoms. The van der Waals surface area contributed by atoms with Gasteiger partial charge in [-0.3, -0.25) is 0 Å². The zero-order valence-electron chi connectivity index (χ0n) is 7.00. The van der Waals surface area contributed by atoms with E-state index in [2.05, 4.69) is 22.2 Å². The van der Waals surface area contributed by atoms with E-state index in [4.69, 9.17) is 11.6 Å². The number of aromatic nitrogens is 2. The molecule has 1 atom stereocenters. The van der Waals surface area contributed by atoms with Crippen molar-refractivity contribution in [3.63, 3.8) is 0 Å². The maximum Gasteiger partial charge on any atom is 0.129 e. The smallest absolute Gasteiger partial charge is 0.129 e. The third kappa shape index (κ3) is 3.05. The first-order valence-electron chi connectivity index (χ1n) is 3.91. The molecule has 0 aromatic carbocycles. The van der Waals surface area contributed by atoms with Crippen LogP contribution in [-0.2, 0) is 0 Å². The van der Waals surface area contributed by atoms with Gasteiger partial charge in [0.25, 0.3) is 0 Å². The summed E-state index contributed by atoms with van der Waals surface area (Å²) in [5.74, 6) is 1.52. The Labute approximate surface area is 77.2 Å². The molecular formula is C8H12ClN3. The first kappa shape index (κ1) is 9.26. The van der Waals surface area contributed by atoms with E-state index in [1.54, 1.807) is 6.20 Å². The van der Waals surface area contributed by atoms with E-state index < -0.39 is 0 Å². The lowest BCUT2D eigenvalue weighted by Crippen LogP contribution is -2.16. The fourth-order valence-electron chi connectivity index (χ4n) is 0.864. The molecule has 3 nitrogen and oxygen atoms in total. The topological polar surface area (TPSA) is 37.8 Å². The second kappa shape index (κ2) is 4.93. The average Bonchev–Trinajstić information content (AvgIpc) is 2.06. The number of nitrogens with one attached hydrogen (secondary N) is 1. The summed E-state index contributed by atoms with van der Waals surface area (Å²) in [7, 11) is 0. The lowest BCUT2D eigenvalue weighted by atomic mass is 10.2. The third-order valence-electron chi connectivity index (χ3n) is 1.52. The summed E-state index contributed by atoms with van der Waals surface area (Å²) in [6, 6.07) is 2.20. The average molecular weight is 186 g/mol. The molecule has 1 rings (SSSR count). The Kier molecular flexibility index (Phi) is 3.80. The highest BCUT2D eigenvalue weighted by molar-refractivity contribution is 6.17. The van der Waals surface area contributed by atoms with Crippen LogP contribution in [0.25, 0.3) is 0 Å². The maximum absolute atomic E-state index is 5.59. The van der Waals surface area contributed by atoms with Crippen molar-refractivity contribution in [2.24, 2.45) is 0 Å². The first-order chi connectivity index (χ1) is 5.83. The minimum Gasteiger partial charge on any atom is -0.367 e. The van der Waals surface area contributed by atoms with E-state index in [-0.39, 0.29) is 0 Å². The van der Waals surface area contributed by atoms with E-state index in [1.165, 1.54) is 6.33 Å². The summed E-state index contributed by atoms with van der Waals surface area (Å²) in [6.45, 7) is 2.07. The zero-order chi connectivity index (χ0) is 8.81. The fourth-order valence-corrected chi connectivity index (χ4v) is 1.19. The predicted molar refractivity (Wildman–Crippen MR) is 50.5 cm³/mol. The van der Waals surface area contributed by atoms with Gasteiger partial charge in [-0.05, 0) is 19.4 Å². The number of anilines is 1. The molecule has 1 N–H and O–H groups in total. The van der Waals surface area contributed by atoms with E-state index in [1.807, 2.05) is 6.07 Å². The van der Waals surface area contributed by atoms with E-state index in [0.29, 0.717) is 11.9 Å². The minimum atomic E-state index is 0.359. The molecule has 0 aliphatic rings. The van der Waals surface area contributed by atoms with Crippen molar-refractivity contribution in [3.8, 4) is 0 Å². The van der Waals surface area contributed by atoms with Gasteiger partial charge in [-0.1, -0.05) is 0 Å². The van der Waals surface area contributed by atoms with Gasteiger partial charge in [0, 0.05) is 18.1 Å². The SMILES string of the molecule is CC(CCCl)Nc1ccncn1. The number of alkyl halides is 1. The van der Waals surface area contributed by atoms with E-state index in [9.17, 15) is 0 Å². The van der Waals surface area contributed by atoms with Crippen molar-refractivity contribution in [3.05, 3.63) is 18.6 Å². The Morgan fingerprint density at radius 3 is 3.08 bits per heavy atom. The number of halogens is 1. The standard InChI is InChI=1S/C8H12ClN3/c1-7(2-4-9)12-8-3-5-10-6-11-8/h3,5-7H,2,4H2,1H3,(H,10,11,12). The van der Waals surface area contributed by atoms with E-state index in [0.717, 1.165) is 12.2 Å². The predicted octanol–water partition coefficient (Wildman–Crippen LogP) is 1.91. The largest absolute Gasteiger partial charge is 0.367 e. The van der Waals surface area contributed by atoms with Crippen LogP contribution < -0.4 is 5.32 Å². The lowest BCUT2D eigenvalue weighted by molar-refractivity contribution is 0.763. The van der Waals surface area contributed by atoms with Crippen LogP contribution in [0.3, 0.4) is 0 Å². The molecule has 0 bridgehead atoms. The quantitative estimate of drug-likeness (QED) is 0.729. The molecule has 0 aliphatic carbocycles. The van der Waals surface area contributed by atoms with Gasteiger partial charge in [0.15, 0.2) is 0 Å². The zero-order valence-corrected chi connectivity index (χ0v) is 7.75. The van der Waals surface area contributed by atoms with Gasteiger partial charge in [0.05, 0.1) is 0 Å². The highest BCUT2D eigenvalue weighted by Gasteiger charge is 2.00. The normalized spacial score (nSPS) is 12.5. The Morgan fingerprint density at radius 2 is 2.50 bits per heavy atom. The summed E-state index contributed by atoms with van der Waals surface area (Å²) >= 11 is 5.59. The van der Waals surface area contributed by atoms with Crippen molar-refractivity contribution >= 4 is 17.4 Å². The molecule has 1 aromatic rings. The molecular weight excluding hydrogens is 174 g/mol. The lowest BCUT2D eigenvalue weighted by Gasteiger charge is -2.11. The van der Waals surface area contributed by atoms with Gasteiger partial charge in [-0.25, -0.2) is 9.97 Å². The molecule has 1 heterocycles. The number of hydrogen-bond donors (Lipinski definition) is 1. The van der Waals surface area contributed by atoms with Crippen LogP contribution in [0.2, 0.25) is 0 Å². The third-order valence-corrected chi connectivity index (χ3v) is 1.74. The highest BCUT2D eigenvalue weighted by Crippen LogP contribution is 2.03. The summed E-state index contributed by atoms with van der Waals surface area (Å²) < 4.78 is 0. The molecule has 12 heavy (non-hydrogen) atoms. The van der Waals surface area contributed by atoms with Crippen molar-refractivity contribution < 1.29 is 0 Å². The minimum absolute atomic E-state index is 0.359. The summed E-state index contributed by atoms with van der Waals surface area (Å²) in [5, 5.41) is 3.21. The van der Waals surface area contributed by atoms with Gasteiger partial charge in [0.2, 0.25) is 0 Å². The molecule has 0 aliphatic heterocycles. The van der Waals surface area contributed by atoms with Crippen LogP contribution in [0.15, 0.2) is 18.6 Å². The Morgan fingerprint density at radius 1 is 1.67 bits per heavy atom. The van der Waals surface area contributed by atoms with Gasteiger partial charge < -0.3 is 5.32 Å². The van der Waals surface area contributed by atoms with Crippen molar-refractivity contribution in [1.82, 2.24) is 9.97 Å². The van der Waals surface area contributed by atoms with Gasteiger partial charge in [-0.15, -0.1) is 11.6 Å². The highest BCUT2D eigenvalue weighted by atomic mass is 35.5. The van der Waals surface area contributed by atoms with Crippen molar-refractivity contribution in [2.75, 3.05) is 11.2 Å². The second-order valence-electron chi connectivity index (χ2n) is 2.62. The van der Waals surface area contributed by atoms with Crippen LogP contribution in [0.1, 0.15) is 13.3 Å². The van der Waals surface area contributed by atoms with Gasteiger partial charge in [0.1, 0.15) is 12.1 Å². The summed E-state index contributed by atoms with van der Waals surface area (Å²) in [6.07, 6.45) is 4.17. The Bertz CT molecular complexity index is 215. The van der Waals surface area contributed by atoms with Crippen molar-refractivity contribution in [2.45, 2.75) is 19.4 Å². The molecule has 0 radical (unpaired) electrons. The van der Waals surface area contributed by atoms with Crippen LogP contribution in [0.4, 0.5) is 5.82 Å². The van der Waals surface area contributed by atoms with Crippen molar-refractivity contribution in [1.29, 1.82) is 0 Å². The summed E-state index contributed by atoms with van der Waals surface area (Å²) in [5.41, 5.74) is 0. The van der Waals surface area contributed by atoms with Crippen LogP contribution in [0.5, 0.6) is 0 Å². The van der Waals surface area contributed by atoms with Crippen LogP contribution in [0, 0.1) is 0 Å². The molecule has 4 heteroatoms. The van der Waals surface area contributed by atoms with Crippen LogP contribution >= 0.6 is 11.6 Å².